The van der Waals surface area contributed by atoms with Gasteiger partial charge in [-0.3, -0.25) is 5.17 Å². The Balaban J connectivity index is 2.40. The van der Waals surface area contributed by atoms with Gasteiger partial charge in [-0.1, -0.05) is 0 Å². The minimum absolute atomic E-state index is 0.139. The fraction of sp³-hybridized carbons (Fsp3) is 0.500. The van der Waals surface area contributed by atoms with E-state index in [1.165, 1.54) is 0 Å². The van der Waals surface area contributed by atoms with E-state index in [0.717, 1.165) is 0 Å². The van der Waals surface area contributed by atoms with Gasteiger partial charge in [-0.25, -0.2) is 4.79 Å². The highest BCUT2D eigenvalue weighted by atomic mass is 16.8. The summed E-state index contributed by atoms with van der Waals surface area (Å²) in [5, 5.41) is 9.63. The lowest BCUT2D eigenvalue weighted by molar-refractivity contribution is -0.898. The van der Waals surface area contributed by atoms with Gasteiger partial charge >= 0.3 is 5.97 Å². The van der Waals surface area contributed by atoms with Crippen LogP contribution in [0.2, 0.25) is 0 Å². The quantitative estimate of drug-likeness (QED) is 0.329. The molecule has 0 bridgehead atoms. The second-order valence-corrected chi connectivity index (χ2v) is 1.18. The molecule has 0 aliphatic carbocycles. The molecule has 0 aromatic heterocycles. The molecule has 1 unspecified atom stereocenters. The zero-order valence-corrected chi connectivity index (χ0v) is 3.43. The predicted octanol–water partition coefficient (Wildman–Crippen LogP) is -2.65. The van der Waals surface area contributed by atoms with Gasteiger partial charge in [-0.15, -0.1) is 0 Å². The molecule has 0 spiro atoms. The summed E-state index contributed by atoms with van der Waals surface area (Å²) in [4.78, 5) is 14.0. The minimum atomic E-state index is -0.509. The molecule has 0 saturated carbocycles. The Morgan fingerprint density at radius 1 is 2.00 bits per heavy atom. The molecule has 1 aliphatic rings. The minimum Gasteiger partial charge on any atom is -0.610 e. The van der Waals surface area contributed by atoms with E-state index in [1.54, 1.807) is 0 Å². The number of hydroxylamine groups is 1. The van der Waals surface area contributed by atoms with Crippen LogP contribution in [0.3, 0.4) is 0 Å². The molecule has 0 aromatic rings. The van der Waals surface area contributed by atoms with Crippen molar-refractivity contribution in [1.29, 1.82) is 0 Å². The van der Waals surface area contributed by atoms with Crippen LogP contribution in [-0.4, -0.2) is 12.5 Å². The van der Waals surface area contributed by atoms with Crippen LogP contribution in [0, 0.1) is 5.21 Å². The maximum absolute atomic E-state index is 10.00. The van der Waals surface area contributed by atoms with Crippen molar-refractivity contribution in [2.45, 2.75) is 0 Å². The van der Waals surface area contributed by atoms with E-state index in [1.807, 2.05) is 5.59 Å². The third-order valence-corrected chi connectivity index (χ3v) is 0.584. The number of carbonyl (C=O) groups is 1. The van der Waals surface area contributed by atoms with Crippen molar-refractivity contribution < 1.29 is 14.8 Å². The molecule has 0 radical (unpaired) electrons. The summed E-state index contributed by atoms with van der Waals surface area (Å²) in [7, 11) is 0. The van der Waals surface area contributed by atoms with E-state index in [0.29, 0.717) is 0 Å². The van der Waals surface area contributed by atoms with Crippen molar-refractivity contribution in [3.8, 4) is 0 Å². The molecule has 1 rings (SSSR count). The topological polar surface area (TPSA) is 65.8 Å². The fourth-order valence-electron chi connectivity index (χ4n) is 0.317. The van der Waals surface area contributed by atoms with Crippen molar-refractivity contribution in [1.82, 2.24) is 5.59 Å². The molecule has 5 nitrogen and oxygen atoms in total. The van der Waals surface area contributed by atoms with Gasteiger partial charge in [-0.2, -0.15) is 0 Å². The van der Waals surface area contributed by atoms with Gasteiger partial charge in [0, 0.05) is 5.59 Å². The number of nitrogens with one attached hydrogen (secondary N) is 2. The number of rotatable bonds is 0. The molecule has 0 amide bonds. The highest BCUT2D eigenvalue weighted by Crippen LogP contribution is 1.67. The molecule has 1 saturated heterocycles. The zero-order chi connectivity index (χ0) is 5.28. The first kappa shape index (κ1) is 4.51. The lowest BCUT2D eigenvalue weighted by Crippen LogP contribution is -3.11. The Kier molecular flexibility index (Phi) is 0.935. The fourth-order valence-corrected chi connectivity index (χ4v) is 0.317. The molecule has 0 aromatic carbocycles. The van der Waals surface area contributed by atoms with Gasteiger partial charge in [0.05, 0.1) is 0 Å². The zero-order valence-electron chi connectivity index (χ0n) is 3.43. The van der Waals surface area contributed by atoms with Crippen LogP contribution in [0.1, 0.15) is 0 Å². The van der Waals surface area contributed by atoms with Gasteiger partial charge in [0.15, 0.2) is 6.54 Å². The Hall–Kier alpha value is -0.650. The van der Waals surface area contributed by atoms with Gasteiger partial charge in [0.25, 0.3) is 0 Å². The van der Waals surface area contributed by atoms with Gasteiger partial charge < -0.3 is 10.0 Å². The largest absolute Gasteiger partial charge is 0.610 e. The van der Waals surface area contributed by atoms with Gasteiger partial charge in [0.1, 0.15) is 0 Å². The SMILES string of the molecule is O=C1C[NH+]([O-])NO1. The molecular weight excluding hydrogens is 100 g/mol. The third kappa shape index (κ3) is 0.861. The molecule has 1 atom stereocenters. The average Bonchev–Trinajstić information content (AvgIpc) is 1.87. The summed E-state index contributed by atoms with van der Waals surface area (Å²) >= 11 is 0. The summed E-state index contributed by atoms with van der Waals surface area (Å²) in [6, 6.07) is 0. The van der Waals surface area contributed by atoms with Gasteiger partial charge in [0.2, 0.25) is 0 Å². The number of carbonyl (C=O) groups excluding carboxylic acids is 1. The van der Waals surface area contributed by atoms with Crippen LogP contribution in [0.25, 0.3) is 0 Å². The lowest BCUT2D eigenvalue weighted by Gasteiger charge is -2.06. The van der Waals surface area contributed by atoms with E-state index < -0.39 is 5.97 Å². The Morgan fingerprint density at radius 3 is 2.86 bits per heavy atom. The Labute approximate surface area is 39.4 Å². The van der Waals surface area contributed by atoms with Gasteiger partial charge in [-0.05, 0) is 0 Å². The first-order valence-electron chi connectivity index (χ1n) is 1.77. The van der Waals surface area contributed by atoms with Crippen LogP contribution >= 0.6 is 0 Å². The summed E-state index contributed by atoms with van der Waals surface area (Å²) < 4.78 is 0. The molecule has 2 N–H and O–H groups in total. The van der Waals surface area contributed by atoms with Crippen LogP contribution < -0.4 is 10.8 Å². The van der Waals surface area contributed by atoms with E-state index in [4.69, 9.17) is 0 Å². The summed E-state index contributed by atoms with van der Waals surface area (Å²) in [6.07, 6.45) is 0. The van der Waals surface area contributed by atoms with Crippen molar-refractivity contribution in [2.24, 2.45) is 0 Å². The first-order valence-corrected chi connectivity index (χ1v) is 1.77. The van der Waals surface area contributed by atoms with E-state index in [9.17, 15) is 10.0 Å². The summed E-state index contributed by atoms with van der Waals surface area (Å²) in [5.41, 5.74) is 1.88. The second-order valence-electron chi connectivity index (χ2n) is 1.18. The van der Waals surface area contributed by atoms with Crippen molar-refractivity contribution in [3.05, 3.63) is 5.21 Å². The van der Waals surface area contributed by atoms with Crippen molar-refractivity contribution >= 4 is 5.97 Å². The molecule has 1 heterocycles. The van der Waals surface area contributed by atoms with Crippen LogP contribution in [-0.2, 0) is 9.63 Å². The number of hydrogen-bond donors (Lipinski definition) is 2. The normalized spacial score (nSPS) is 30.4. The maximum atomic E-state index is 10.00. The predicted molar refractivity (Wildman–Crippen MR) is 18.4 cm³/mol. The molecule has 1 fully saturated rings. The Bertz CT molecular complexity index is 92.9. The standard InChI is InChI=1S/C2H4N2O3/c5-2-1-4(6)3-7-2/h3-4H,1H2. The smallest absolute Gasteiger partial charge is 0.386 e. The second kappa shape index (κ2) is 1.45. The van der Waals surface area contributed by atoms with Crippen molar-refractivity contribution in [2.75, 3.05) is 6.54 Å². The third-order valence-electron chi connectivity index (χ3n) is 0.584. The number of hydrogen-bond acceptors (Lipinski definition) is 4. The van der Waals surface area contributed by atoms with E-state index in [-0.39, 0.29) is 11.7 Å². The Morgan fingerprint density at radius 2 is 2.71 bits per heavy atom. The highest BCUT2D eigenvalue weighted by Gasteiger charge is 2.16. The van der Waals surface area contributed by atoms with Crippen LogP contribution in [0.15, 0.2) is 0 Å². The molecule has 7 heavy (non-hydrogen) atoms. The van der Waals surface area contributed by atoms with E-state index >= 15 is 0 Å². The van der Waals surface area contributed by atoms with Crippen molar-refractivity contribution in [3.63, 3.8) is 0 Å². The summed E-state index contributed by atoms with van der Waals surface area (Å²) in [5.74, 6) is -0.509. The average molecular weight is 104 g/mol. The number of quaternary nitrogens is 1. The maximum Gasteiger partial charge on any atom is 0.386 e. The monoisotopic (exact) mass is 104 g/mol. The van der Waals surface area contributed by atoms with Crippen LogP contribution in [0.4, 0.5) is 0 Å². The van der Waals surface area contributed by atoms with Crippen LogP contribution in [0.5, 0.6) is 0 Å². The molecular formula is C2H4N2O3. The van der Waals surface area contributed by atoms with E-state index in [2.05, 4.69) is 4.84 Å². The first-order chi connectivity index (χ1) is 3.29. The lowest BCUT2D eigenvalue weighted by atomic mass is 10.7. The molecule has 5 heteroatoms. The highest BCUT2D eigenvalue weighted by molar-refractivity contribution is 5.70. The summed E-state index contributed by atoms with van der Waals surface area (Å²) in [6.45, 7) is -0.139. The molecule has 40 valence electrons. The molecule has 1 aliphatic heterocycles.